The number of nitrogens with one attached hydrogen (secondary N) is 1. The molecule has 0 spiro atoms. The van der Waals surface area contributed by atoms with Crippen molar-refractivity contribution in [3.8, 4) is 10.4 Å². The van der Waals surface area contributed by atoms with E-state index < -0.39 is 0 Å². The quantitative estimate of drug-likeness (QED) is 0.545. The Kier molecular flexibility index (Phi) is 4.93. The van der Waals surface area contributed by atoms with Crippen molar-refractivity contribution in [3.63, 3.8) is 0 Å². The van der Waals surface area contributed by atoms with Crippen LogP contribution >= 0.6 is 23.1 Å². The van der Waals surface area contributed by atoms with Gasteiger partial charge in [-0.1, -0.05) is 30.0 Å². The number of hydrogen-bond acceptors (Lipinski definition) is 5. The lowest BCUT2D eigenvalue weighted by Crippen LogP contribution is -2.35. The monoisotopic (exact) mass is 387 g/mol. The highest BCUT2D eigenvalue weighted by Crippen LogP contribution is 2.31. The second kappa shape index (κ2) is 7.34. The zero-order valence-corrected chi connectivity index (χ0v) is 15.9. The SMILES string of the molecule is CSc1nc2c(c(=O)[nH]1)CN(Cc1ccc(-c3ccccc3F)s1)CC2. The summed E-state index contributed by atoms with van der Waals surface area (Å²) >= 11 is 3.05. The summed E-state index contributed by atoms with van der Waals surface area (Å²) in [4.78, 5) is 24.0. The van der Waals surface area contributed by atoms with E-state index in [1.807, 2.05) is 24.5 Å². The first-order chi connectivity index (χ1) is 12.6. The lowest BCUT2D eigenvalue weighted by atomic mass is 10.1. The number of thiophene rings is 1. The van der Waals surface area contributed by atoms with Crippen molar-refractivity contribution in [1.29, 1.82) is 0 Å². The first kappa shape index (κ1) is 17.5. The van der Waals surface area contributed by atoms with Gasteiger partial charge >= 0.3 is 0 Å². The Hall–Kier alpha value is -1.96. The summed E-state index contributed by atoms with van der Waals surface area (Å²) in [7, 11) is 0. The molecule has 0 radical (unpaired) electrons. The molecule has 1 N–H and O–H groups in total. The second-order valence-electron chi connectivity index (χ2n) is 6.21. The van der Waals surface area contributed by atoms with Crippen LogP contribution in [0, 0.1) is 5.82 Å². The highest BCUT2D eigenvalue weighted by molar-refractivity contribution is 7.98. The maximum absolute atomic E-state index is 14.0. The Balaban J connectivity index is 1.51. The van der Waals surface area contributed by atoms with Crippen LogP contribution in [0.5, 0.6) is 0 Å². The third-order valence-corrected chi connectivity index (χ3v) is 6.18. The van der Waals surface area contributed by atoms with Crippen molar-refractivity contribution < 1.29 is 4.39 Å². The Labute approximate surface area is 159 Å². The van der Waals surface area contributed by atoms with Gasteiger partial charge in [-0.15, -0.1) is 11.3 Å². The third kappa shape index (κ3) is 3.47. The Morgan fingerprint density at radius 3 is 2.96 bits per heavy atom. The molecule has 0 saturated heterocycles. The van der Waals surface area contributed by atoms with E-state index in [-0.39, 0.29) is 11.4 Å². The normalized spacial score (nSPS) is 14.4. The van der Waals surface area contributed by atoms with Crippen molar-refractivity contribution >= 4 is 23.1 Å². The van der Waals surface area contributed by atoms with Crippen LogP contribution in [-0.4, -0.2) is 27.7 Å². The molecule has 0 fully saturated rings. The van der Waals surface area contributed by atoms with Gasteiger partial charge in [0.25, 0.3) is 5.56 Å². The van der Waals surface area contributed by atoms with E-state index in [0.717, 1.165) is 40.5 Å². The molecule has 1 aromatic carbocycles. The van der Waals surface area contributed by atoms with Gasteiger partial charge in [0.2, 0.25) is 0 Å². The zero-order chi connectivity index (χ0) is 18.1. The molecule has 3 aromatic rings. The van der Waals surface area contributed by atoms with Crippen molar-refractivity contribution in [1.82, 2.24) is 14.9 Å². The molecule has 26 heavy (non-hydrogen) atoms. The van der Waals surface area contributed by atoms with Gasteiger partial charge < -0.3 is 4.98 Å². The van der Waals surface area contributed by atoms with Crippen LogP contribution in [0.2, 0.25) is 0 Å². The first-order valence-corrected chi connectivity index (χ1v) is 10.4. The van der Waals surface area contributed by atoms with Crippen molar-refractivity contribution in [3.05, 3.63) is 68.7 Å². The molecule has 134 valence electrons. The molecular weight excluding hydrogens is 369 g/mol. The largest absolute Gasteiger partial charge is 0.301 e. The van der Waals surface area contributed by atoms with E-state index in [2.05, 4.69) is 14.9 Å². The van der Waals surface area contributed by atoms with E-state index in [1.54, 1.807) is 23.5 Å². The Bertz CT molecular complexity index is 998. The molecule has 0 aliphatic carbocycles. The van der Waals surface area contributed by atoms with Crippen LogP contribution in [0.4, 0.5) is 4.39 Å². The van der Waals surface area contributed by atoms with E-state index in [4.69, 9.17) is 0 Å². The van der Waals surface area contributed by atoms with Crippen LogP contribution in [0.1, 0.15) is 16.1 Å². The molecule has 1 aliphatic rings. The fourth-order valence-corrected chi connectivity index (χ4v) is 4.65. The minimum Gasteiger partial charge on any atom is -0.301 e. The molecule has 0 unspecified atom stereocenters. The van der Waals surface area contributed by atoms with Gasteiger partial charge in [-0.25, -0.2) is 9.37 Å². The molecule has 4 rings (SSSR count). The lowest BCUT2D eigenvalue weighted by molar-refractivity contribution is 0.243. The summed E-state index contributed by atoms with van der Waals surface area (Å²) in [5.41, 5.74) is 2.27. The highest BCUT2D eigenvalue weighted by atomic mass is 32.2. The number of hydrogen-bond donors (Lipinski definition) is 1. The molecular formula is C19H18FN3OS2. The minimum atomic E-state index is -0.199. The Morgan fingerprint density at radius 1 is 1.31 bits per heavy atom. The maximum Gasteiger partial charge on any atom is 0.256 e. The van der Waals surface area contributed by atoms with Crippen LogP contribution in [0.15, 0.2) is 46.3 Å². The van der Waals surface area contributed by atoms with Gasteiger partial charge in [-0.2, -0.15) is 0 Å². The highest BCUT2D eigenvalue weighted by Gasteiger charge is 2.21. The summed E-state index contributed by atoms with van der Waals surface area (Å²) < 4.78 is 14.0. The fourth-order valence-electron chi connectivity index (χ4n) is 3.18. The zero-order valence-electron chi connectivity index (χ0n) is 14.3. The van der Waals surface area contributed by atoms with Gasteiger partial charge in [0.05, 0.1) is 11.3 Å². The van der Waals surface area contributed by atoms with Crippen LogP contribution in [0.25, 0.3) is 10.4 Å². The maximum atomic E-state index is 14.0. The van der Waals surface area contributed by atoms with Crippen LogP contribution in [0.3, 0.4) is 0 Å². The number of nitrogens with zero attached hydrogens (tertiary/aromatic N) is 2. The number of fused-ring (bicyclic) bond motifs is 1. The van der Waals surface area contributed by atoms with E-state index >= 15 is 0 Å². The van der Waals surface area contributed by atoms with Gasteiger partial charge in [0, 0.05) is 41.4 Å². The summed E-state index contributed by atoms with van der Waals surface area (Å²) in [6, 6.07) is 10.8. The number of halogens is 1. The number of aromatic nitrogens is 2. The number of rotatable bonds is 4. The molecule has 0 bridgehead atoms. The average Bonchev–Trinajstić information content (AvgIpc) is 3.10. The number of H-pyrrole nitrogens is 1. The Morgan fingerprint density at radius 2 is 2.15 bits per heavy atom. The summed E-state index contributed by atoms with van der Waals surface area (Å²) in [5, 5.41) is 0.676. The fraction of sp³-hybridized carbons (Fsp3) is 0.263. The number of benzene rings is 1. The predicted octanol–water partition coefficient (Wildman–Crippen LogP) is 3.92. The minimum absolute atomic E-state index is 0.0396. The molecule has 4 nitrogen and oxygen atoms in total. The van der Waals surface area contributed by atoms with Gasteiger partial charge in [-0.3, -0.25) is 9.69 Å². The predicted molar refractivity (Wildman–Crippen MR) is 104 cm³/mol. The van der Waals surface area contributed by atoms with Crippen LogP contribution in [-0.2, 0) is 19.5 Å². The van der Waals surface area contributed by atoms with Crippen molar-refractivity contribution in [2.24, 2.45) is 0 Å². The smallest absolute Gasteiger partial charge is 0.256 e. The number of aromatic amines is 1. The molecule has 0 amide bonds. The third-order valence-electron chi connectivity index (χ3n) is 4.50. The van der Waals surface area contributed by atoms with Crippen molar-refractivity contribution in [2.75, 3.05) is 12.8 Å². The summed E-state index contributed by atoms with van der Waals surface area (Å²) in [5.74, 6) is -0.199. The molecule has 2 aromatic heterocycles. The molecule has 0 saturated carbocycles. The standard InChI is InChI=1S/C19H18FN3OS2/c1-25-19-21-16-8-9-23(11-14(16)18(24)22-19)10-12-6-7-17(26-12)13-4-2-3-5-15(13)20/h2-7H,8-11H2,1H3,(H,21,22,24). The van der Waals surface area contributed by atoms with E-state index in [1.165, 1.54) is 17.8 Å². The van der Waals surface area contributed by atoms with Gasteiger partial charge in [-0.05, 0) is 24.5 Å². The lowest BCUT2D eigenvalue weighted by Gasteiger charge is -2.27. The molecule has 0 atom stereocenters. The van der Waals surface area contributed by atoms with Crippen molar-refractivity contribution in [2.45, 2.75) is 24.7 Å². The molecule has 3 heterocycles. The topological polar surface area (TPSA) is 49.0 Å². The molecule has 7 heteroatoms. The summed E-state index contributed by atoms with van der Waals surface area (Å²) in [6.45, 7) is 2.21. The van der Waals surface area contributed by atoms with Gasteiger partial charge in [0.15, 0.2) is 5.16 Å². The van der Waals surface area contributed by atoms with Gasteiger partial charge in [0.1, 0.15) is 5.82 Å². The molecule has 1 aliphatic heterocycles. The number of thioether (sulfide) groups is 1. The average molecular weight is 388 g/mol. The summed E-state index contributed by atoms with van der Waals surface area (Å²) in [6.07, 6.45) is 2.68. The van der Waals surface area contributed by atoms with Crippen LogP contribution < -0.4 is 5.56 Å². The van der Waals surface area contributed by atoms with E-state index in [9.17, 15) is 9.18 Å². The second-order valence-corrected chi connectivity index (χ2v) is 8.17. The first-order valence-electron chi connectivity index (χ1n) is 8.36. The van der Waals surface area contributed by atoms with E-state index in [0.29, 0.717) is 17.3 Å².